The third-order valence-electron chi connectivity index (χ3n) is 5.20. The molecule has 2 rings (SSSR count). The summed E-state index contributed by atoms with van der Waals surface area (Å²) in [5.41, 5.74) is 6.41. The molecule has 270 valence electrons. The number of allylic oxidation sites excluding steroid dienone is 1. The molecule has 0 heterocycles. The Morgan fingerprint density at radius 1 is 0.778 bits per heavy atom. The fourth-order valence-corrected chi connectivity index (χ4v) is 4.35. The van der Waals surface area contributed by atoms with Gasteiger partial charge in [0.05, 0.1) is 6.10 Å². The first-order valence-electron chi connectivity index (χ1n) is 18.3. The minimum absolute atomic E-state index is 0.251. The number of hydrogen-bond donors (Lipinski definition) is 1. The summed E-state index contributed by atoms with van der Waals surface area (Å²) in [5.74, 6) is 1.29. The number of thioether (sulfide) groups is 1. The first-order valence-corrected chi connectivity index (χ1v) is 19.3. The molecule has 3 heteroatoms. The number of hydrogen-bond acceptors (Lipinski definition) is 3. The highest BCUT2D eigenvalue weighted by Gasteiger charge is 2.15. The molecule has 0 aromatic heterocycles. The molecule has 0 aliphatic rings. The molecule has 0 spiro atoms. The molecule has 0 aliphatic heterocycles. The summed E-state index contributed by atoms with van der Waals surface area (Å²) in [7, 11) is 4.16. The first kappa shape index (κ1) is 58.8. The molecule has 0 bridgehead atoms. The van der Waals surface area contributed by atoms with Crippen LogP contribution in [0.1, 0.15) is 161 Å². The quantitative estimate of drug-likeness (QED) is 0.216. The average Bonchev–Trinajstić information content (AvgIpc) is 3.07. The minimum Gasteiger partial charge on any atom is -0.393 e. The summed E-state index contributed by atoms with van der Waals surface area (Å²) in [4.78, 5) is 3.48. The number of aliphatic hydroxyl groups excluding tert-OH is 1. The molecule has 0 fully saturated rings. The third kappa shape index (κ3) is 40.3. The van der Waals surface area contributed by atoms with Gasteiger partial charge in [0.15, 0.2) is 0 Å². The van der Waals surface area contributed by atoms with Crippen molar-refractivity contribution in [3.8, 4) is 0 Å². The zero-order chi connectivity index (χ0) is 37.4. The number of aryl methyl sites for hydroxylation is 1. The van der Waals surface area contributed by atoms with Crippen LogP contribution in [-0.4, -0.2) is 31.1 Å². The average molecular weight is 652 g/mol. The molecule has 0 radical (unpaired) electrons. The summed E-state index contributed by atoms with van der Waals surface area (Å²) in [6.07, 6.45) is 4.34. The van der Waals surface area contributed by atoms with Gasteiger partial charge in [0.1, 0.15) is 0 Å². The van der Waals surface area contributed by atoms with Gasteiger partial charge in [-0.05, 0) is 69.4 Å². The summed E-state index contributed by atoms with van der Waals surface area (Å²) >= 11 is 1.87. The zero-order valence-electron chi connectivity index (χ0n) is 34.7. The van der Waals surface area contributed by atoms with Gasteiger partial charge < -0.3 is 10.0 Å². The SMILES string of the molecule is C=C(C)C.CC.CC.CC.CC.CC.CC.CCC(CSc1ccc(N(C)C)cc1Cc1cccc(C)c1)C(C)O.CCCC. The smallest absolute Gasteiger partial charge is 0.0548 e. The Labute approximate surface area is 291 Å². The molecule has 0 amide bonds. The molecule has 0 saturated carbocycles. The topological polar surface area (TPSA) is 23.5 Å². The lowest BCUT2D eigenvalue weighted by Gasteiger charge is -2.20. The van der Waals surface area contributed by atoms with E-state index >= 15 is 0 Å². The van der Waals surface area contributed by atoms with E-state index < -0.39 is 0 Å². The van der Waals surface area contributed by atoms with E-state index in [0.29, 0.717) is 5.92 Å². The van der Waals surface area contributed by atoms with Crippen molar-refractivity contribution in [3.63, 3.8) is 0 Å². The number of anilines is 1. The van der Waals surface area contributed by atoms with Crippen LogP contribution in [0.4, 0.5) is 5.69 Å². The Bertz CT molecular complexity index is 793. The molecule has 45 heavy (non-hydrogen) atoms. The van der Waals surface area contributed by atoms with E-state index in [-0.39, 0.29) is 6.10 Å². The van der Waals surface area contributed by atoms with Gasteiger partial charge in [0.25, 0.3) is 0 Å². The highest BCUT2D eigenvalue weighted by atomic mass is 32.2. The van der Waals surface area contributed by atoms with E-state index in [4.69, 9.17) is 0 Å². The van der Waals surface area contributed by atoms with E-state index in [9.17, 15) is 5.11 Å². The fourth-order valence-electron chi connectivity index (χ4n) is 2.96. The molecule has 0 aliphatic carbocycles. The Kier molecular flexibility index (Phi) is 64.2. The lowest BCUT2D eigenvalue weighted by Crippen LogP contribution is -2.18. The normalized spacial score (nSPS) is 9.56. The van der Waals surface area contributed by atoms with Crippen LogP contribution in [0, 0.1) is 12.8 Å². The van der Waals surface area contributed by atoms with Crippen LogP contribution in [0.5, 0.6) is 0 Å². The van der Waals surface area contributed by atoms with Crippen molar-refractivity contribution >= 4 is 17.4 Å². The fraction of sp³-hybridized carbons (Fsp3) is 0.667. The van der Waals surface area contributed by atoms with Gasteiger partial charge >= 0.3 is 0 Å². The lowest BCUT2D eigenvalue weighted by atomic mass is 10.0. The summed E-state index contributed by atoms with van der Waals surface area (Å²) in [6, 6.07) is 15.5. The van der Waals surface area contributed by atoms with E-state index in [1.54, 1.807) is 0 Å². The molecular formula is C42H85NOS. The van der Waals surface area contributed by atoms with Gasteiger partial charge in [-0.3, -0.25) is 0 Å². The Hall–Kier alpha value is -1.71. The molecule has 0 saturated heterocycles. The third-order valence-corrected chi connectivity index (χ3v) is 6.50. The Balaban J connectivity index is -0.000000121. The maximum atomic E-state index is 9.92. The van der Waals surface area contributed by atoms with Gasteiger partial charge in [-0.15, -0.1) is 18.3 Å². The van der Waals surface area contributed by atoms with Crippen LogP contribution in [0.25, 0.3) is 0 Å². The molecular weight excluding hydrogens is 567 g/mol. The molecule has 2 aromatic rings. The predicted molar refractivity (Wildman–Crippen MR) is 220 cm³/mol. The number of aliphatic hydroxyl groups is 1. The lowest BCUT2D eigenvalue weighted by molar-refractivity contribution is 0.135. The van der Waals surface area contributed by atoms with E-state index in [0.717, 1.165) is 18.6 Å². The van der Waals surface area contributed by atoms with E-state index in [1.165, 1.54) is 45.7 Å². The van der Waals surface area contributed by atoms with Crippen LogP contribution in [0.2, 0.25) is 0 Å². The second-order valence-electron chi connectivity index (χ2n) is 9.28. The second kappa shape index (κ2) is 49.2. The maximum Gasteiger partial charge on any atom is 0.0548 e. The molecule has 2 aromatic carbocycles. The van der Waals surface area contributed by atoms with E-state index in [1.807, 2.05) is 116 Å². The van der Waals surface area contributed by atoms with Crippen molar-refractivity contribution in [3.05, 3.63) is 71.3 Å². The van der Waals surface area contributed by atoms with Crippen molar-refractivity contribution in [1.82, 2.24) is 0 Å². The number of unbranched alkanes of at least 4 members (excludes halogenated alkanes) is 1. The van der Waals surface area contributed by atoms with Crippen LogP contribution in [0.15, 0.2) is 59.5 Å². The number of nitrogens with zero attached hydrogens (tertiary/aromatic N) is 1. The van der Waals surface area contributed by atoms with Crippen LogP contribution in [-0.2, 0) is 6.42 Å². The maximum absolute atomic E-state index is 9.92. The van der Waals surface area contributed by atoms with Gasteiger partial charge in [-0.25, -0.2) is 0 Å². The molecule has 1 N–H and O–H groups in total. The van der Waals surface area contributed by atoms with E-state index in [2.05, 4.69) is 95.7 Å². The molecule has 2 atom stereocenters. The summed E-state index contributed by atoms with van der Waals surface area (Å²) < 4.78 is 0. The van der Waals surface area contributed by atoms with Crippen molar-refractivity contribution in [2.24, 2.45) is 5.92 Å². The van der Waals surface area contributed by atoms with Crippen LogP contribution in [0.3, 0.4) is 0 Å². The monoisotopic (exact) mass is 652 g/mol. The van der Waals surface area contributed by atoms with Crippen molar-refractivity contribution in [2.45, 2.75) is 168 Å². The second-order valence-corrected chi connectivity index (χ2v) is 10.3. The Morgan fingerprint density at radius 2 is 1.22 bits per heavy atom. The van der Waals surface area contributed by atoms with Crippen LogP contribution >= 0.6 is 11.8 Å². The highest BCUT2D eigenvalue weighted by molar-refractivity contribution is 7.99. The summed E-state index contributed by atoms with van der Waals surface area (Å²) in [5, 5.41) is 9.92. The van der Waals surface area contributed by atoms with Crippen LogP contribution < -0.4 is 4.90 Å². The number of rotatable bonds is 9. The van der Waals surface area contributed by atoms with Crippen molar-refractivity contribution < 1.29 is 5.11 Å². The highest BCUT2D eigenvalue weighted by Crippen LogP contribution is 2.31. The Morgan fingerprint density at radius 3 is 1.56 bits per heavy atom. The standard InChI is InChI=1S/C22H31NOS.C4H8.C4H10.6C2H6/c1-6-19(17(3)24)15-25-22-11-10-21(23(4)5)14-20(22)13-18-9-7-8-16(2)12-18;1-4(2)3;1-3-4-2;6*1-2/h7-12,14,17,19,24H,6,13,15H2,1-5H3;1H2,2-3H3;3-4H2,1-2H3;6*1-2H3. The summed E-state index contributed by atoms with van der Waals surface area (Å²) in [6.45, 7) is 42.1. The van der Waals surface area contributed by atoms with Gasteiger partial charge in [-0.1, -0.05) is 159 Å². The number of benzene rings is 2. The van der Waals surface area contributed by atoms with Gasteiger partial charge in [0.2, 0.25) is 0 Å². The first-order chi connectivity index (χ1) is 21.5. The minimum atomic E-state index is -0.251. The predicted octanol–water partition coefficient (Wildman–Crippen LogP) is 14.7. The van der Waals surface area contributed by atoms with Crippen molar-refractivity contribution in [1.29, 1.82) is 0 Å². The molecule has 2 nitrogen and oxygen atoms in total. The van der Waals surface area contributed by atoms with Gasteiger partial charge in [-0.2, -0.15) is 0 Å². The zero-order valence-corrected chi connectivity index (χ0v) is 35.6. The van der Waals surface area contributed by atoms with Gasteiger partial charge in [0, 0.05) is 30.4 Å². The van der Waals surface area contributed by atoms with Crippen molar-refractivity contribution in [2.75, 3.05) is 24.7 Å². The largest absolute Gasteiger partial charge is 0.393 e. The molecule has 2 unspecified atom stereocenters.